The molecule has 1 aromatic heterocycles. The molecule has 1 N–H and O–H groups in total. The molecule has 0 radical (unpaired) electrons. The predicted octanol–water partition coefficient (Wildman–Crippen LogP) is 3.11. The van der Waals surface area contributed by atoms with E-state index in [-0.39, 0.29) is 0 Å². The molecular weight excluding hydrogens is 228 g/mol. The van der Waals surface area contributed by atoms with Gasteiger partial charge in [0.2, 0.25) is 0 Å². The summed E-state index contributed by atoms with van der Waals surface area (Å²) in [5.74, 6) is 0. The number of hydrogen-bond donors (Lipinski definition) is 1. The number of aryl methyl sites for hydroxylation is 2. The summed E-state index contributed by atoms with van der Waals surface area (Å²) in [7, 11) is 0. The van der Waals surface area contributed by atoms with Gasteiger partial charge in [-0.3, -0.25) is 4.90 Å². The second kappa shape index (κ2) is 5.51. The Labute approximate surface area is 109 Å². The van der Waals surface area contributed by atoms with Crippen LogP contribution in [0.15, 0.2) is 6.07 Å². The Morgan fingerprint density at radius 1 is 1.53 bits per heavy atom. The lowest BCUT2D eigenvalue weighted by Gasteiger charge is -2.24. The quantitative estimate of drug-likeness (QED) is 0.886. The lowest BCUT2D eigenvalue weighted by molar-refractivity contribution is 0.256. The molecule has 2 rings (SSSR count). The Bertz CT molecular complexity index is 372. The van der Waals surface area contributed by atoms with Crippen molar-refractivity contribution in [3.63, 3.8) is 0 Å². The van der Waals surface area contributed by atoms with E-state index < -0.39 is 0 Å². The van der Waals surface area contributed by atoms with Crippen LogP contribution in [0, 0.1) is 13.8 Å². The van der Waals surface area contributed by atoms with Crippen LogP contribution in [0.3, 0.4) is 0 Å². The Morgan fingerprint density at radius 2 is 2.29 bits per heavy atom. The van der Waals surface area contributed by atoms with E-state index in [1.165, 1.54) is 34.8 Å². The molecule has 1 fully saturated rings. The van der Waals surface area contributed by atoms with Crippen molar-refractivity contribution in [3.05, 3.63) is 21.4 Å². The SMILES string of the molecule is CCNC1CCN(C(C)c2cc(C)sc2C)C1. The molecule has 96 valence electrons. The summed E-state index contributed by atoms with van der Waals surface area (Å²) >= 11 is 1.93. The van der Waals surface area contributed by atoms with Gasteiger partial charge in [0.05, 0.1) is 0 Å². The van der Waals surface area contributed by atoms with Crippen molar-refractivity contribution >= 4 is 11.3 Å². The van der Waals surface area contributed by atoms with Gasteiger partial charge in [0, 0.05) is 34.9 Å². The Hall–Kier alpha value is -0.380. The largest absolute Gasteiger partial charge is 0.313 e. The molecule has 0 aromatic carbocycles. The number of thiophene rings is 1. The summed E-state index contributed by atoms with van der Waals surface area (Å²) in [6.07, 6.45) is 1.29. The third kappa shape index (κ3) is 2.90. The molecule has 0 aliphatic carbocycles. The van der Waals surface area contributed by atoms with E-state index in [0.717, 1.165) is 6.54 Å². The average Bonchev–Trinajstić information content (AvgIpc) is 2.85. The smallest absolute Gasteiger partial charge is 0.0331 e. The van der Waals surface area contributed by atoms with Gasteiger partial charge in [-0.05, 0) is 45.4 Å². The van der Waals surface area contributed by atoms with Crippen LogP contribution in [-0.4, -0.2) is 30.6 Å². The molecule has 1 aromatic rings. The van der Waals surface area contributed by atoms with Crippen LogP contribution in [-0.2, 0) is 0 Å². The first kappa shape index (κ1) is 13.1. The third-order valence-corrected chi connectivity index (χ3v) is 4.77. The van der Waals surface area contributed by atoms with E-state index in [0.29, 0.717) is 12.1 Å². The van der Waals surface area contributed by atoms with Gasteiger partial charge in [-0.1, -0.05) is 6.92 Å². The van der Waals surface area contributed by atoms with E-state index in [2.05, 4.69) is 44.0 Å². The molecule has 0 spiro atoms. The number of nitrogens with zero attached hydrogens (tertiary/aromatic N) is 1. The van der Waals surface area contributed by atoms with Gasteiger partial charge < -0.3 is 5.32 Å². The minimum atomic E-state index is 0.573. The fourth-order valence-corrected chi connectivity index (χ4v) is 3.87. The normalized spacial score (nSPS) is 23.2. The molecule has 2 atom stereocenters. The van der Waals surface area contributed by atoms with Crippen molar-refractivity contribution in [1.82, 2.24) is 10.2 Å². The number of rotatable bonds is 4. The zero-order valence-corrected chi connectivity index (χ0v) is 12.2. The molecule has 1 saturated heterocycles. The second-order valence-electron chi connectivity index (χ2n) is 5.08. The van der Waals surface area contributed by atoms with Crippen molar-refractivity contribution in [3.8, 4) is 0 Å². The molecule has 0 saturated carbocycles. The van der Waals surface area contributed by atoms with Gasteiger partial charge in [0.15, 0.2) is 0 Å². The highest BCUT2D eigenvalue weighted by molar-refractivity contribution is 7.12. The lowest BCUT2D eigenvalue weighted by Crippen LogP contribution is -2.33. The third-order valence-electron chi connectivity index (χ3n) is 3.79. The highest BCUT2D eigenvalue weighted by atomic mass is 32.1. The van der Waals surface area contributed by atoms with Gasteiger partial charge in [0.25, 0.3) is 0 Å². The fourth-order valence-electron chi connectivity index (χ4n) is 2.86. The van der Waals surface area contributed by atoms with Crippen LogP contribution in [0.1, 0.15) is 41.6 Å². The molecule has 1 aliphatic heterocycles. The van der Waals surface area contributed by atoms with Crippen molar-refractivity contribution < 1.29 is 0 Å². The van der Waals surface area contributed by atoms with Crippen LogP contribution >= 0.6 is 11.3 Å². The zero-order valence-electron chi connectivity index (χ0n) is 11.4. The monoisotopic (exact) mass is 252 g/mol. The molecule has 2 heterocycles. The molecule has 3 heteroatoms. The molecule has 0 amide bonds. The van der Waals surface area contributed by atoms with Gasteiger partial charge >= 0.3 is 0 Å². The van der Waals surface area contributed by atoms with Gasteiger partial charge in [-0.2, -0.15) is 0 Å². The predicted molar refractivity (Wildman–Crippen MR) is 75.9 cm³/mol. The Kier molecular flexibility index (Phi) is 4.23. The number of likely N-dealkylation sites (tertiary alicyclic amines) is 1. The maximum Gasteiger partial charge on any atom is 0.0331 e. The first-order valence-electron chi connectivity index (χ1n) is 6.66. The zero-order chi connectivity index (χ0) is 12.4. The van der Waals surface area contributed by atoms with Gasteiger partial charge in [-0.25, -0.2) is 0 Å². The highest BCUT2D eigenvalue weighted by Gasteiger charge is 2.27. The first-order chi connectivity index (χ1) is 8.11. The highest BCUT2D eigenvalue weighted by Crippen LogP contribution is 2.31. The van der Waals surface area contributed by atoms with Crippen molar-refractivity contribution in [2.75, 3.05) is 19.6 Å². The molecular formula is C14H24N2S. The topological polar surface area (TPSA) is 15.3 Å². The van der Waals surface area contributed by atoms with Crippen LogP contribution in [0.4, 0.5) is 0 Å². The fraction of sp³-hybridized carbons (Fsp3) is 0.714. The number of hydrogen-bond acceptors (Lipinski definition) is 3. The summed E-state index contributed by atoms with van der Waals surface area (Å²) in [5, 5.41) is 3.56. The summed E-state index contributed by atoms with van der Waals surface area (Å²) in [6, 6.07) is 3.64. The standard InChI is InChI=1S/C14H24N2S/c1-5-15-13-6-7-16(9-13)11(3)14-8-10(2)17-12(14)4/h8,11,13,15H,5-7,9H2,1-4H3. The minimum absolute atomic E-state index is 0.573. The summed E-state index contributed by atoms with van der Waals surface area (Å²) in [5.41, 5.74) is 1.53. The van der Waals surface area contributed by atoms with E-state index in [1.807, 2.05) is 11.3 Å². The lowest BCUT2D eigenvalue weighted by atomic mass is 10.1. The van der Waals surface area contributed by atoms with Crippen LogP contribution < -0.4 is 5.32 Å². The molecule has 17 heavy (non-hydrogen) atoms. The second-order valence-corrected chi connectivity index (χ2v) is 6.54. The Balaban J connectivity index is 2.01. The van der Waals surface area contributed by atoms with Crippen LogP contribution in [0.5, 0.6) is 0 Å². The minimum Gasteiger partial charge on any atom is -0.313 e. The summed E-state index contributed by atoms with van der Waals surface area (Å²) in [4.78, 5) is 5.54. The molecule has 0 bridgehead atoms. The first-order valence-corrected chi connectivity index (χ1v) is 7.47. The Morgan fingerprint density at radius 3 is 2.88 bits per heavy atom. The van der Waals surface area contributed by atoms with Gasteiger partial charge in [0.1, 0.15) is 0 Å². The van der Waals surface area contributed by atoms with Crippen molar-refractivity contribution in [2.24, 2.45) is 0 Å². The van der Waals surface area contributed by atoms with E-state index in [1.54, 1.807) is 0 Å². The summed E-state index contributed by atoms with van der Waals surface area (Å²) < 4.78 is 0. The van der Waals surface area contributed by atoms with E-state index in [4.69, 9.17) is 0 Å². The van der Waals surface area contributed by atoms with Gasteiger partial charge in [-0.15, -0.1) is 11.3 Å². The van der Waals surface area contributed by atoms with E-state index >= 15 is 0 Å². The maximum absolute atomic E-state index is 3.56. The molecule has 1 aliphatic rings. The van der Waals surface area contributed by atoms with Crippen LogP contribution in [0.2, 0.25) is 0 Å². The number of nitrogens with one attached hydrogen (secondary N) is 1. The number of likely N-dealkylation sites (N-methyl/N-ethyl adjacent to an activating group) is 1. The average molecular weight is 252 g/mol. The van der Waals surface area contributed by atoms with Crippen molar-refractivity contribution in [1.29, 1.82) is 0 Å². The van der Waals surface area contributed by atoms with Crippen LogP contribution in [0.25, 0.3) is 0 Å². The molecule has 2 nitrogen and oxygen atoms in total. The maximum atomic E-state index is 3.56. The van der Waals surface area contributed by atoms with Crippen molar-refractivity contribution in [2.45, 2.75) is 46.2 Å². The van der Waals surface area contributed by atoms with E-state index in [9.17, 15) is 0 Å². The molecule has 2 unspecified atom stereocenters. The summed E-state index contributed by atoms with van der Waals surface area (Å²) in [6.45, 7) is 12.5.